The van der Waals surface area contributed by atoms with Crippen LogP contribution >= 0.6 is 0 Å². The van der Waals surface area contributed by atoms with Crippen molar-refractivity contribution in [3.8, 4) is 22.4 Å². The highest BCUT2D eigenvalue weighted by molar-refractivity contribution is 6.01. The van der Waals surface area contributed by atoms with Crippen molar-refractivity contribution in [3.63, 3.8) is 0 Å². The van der Waals surface area contributed by atoms with Gasteiger partial charge in [-0.05, 0) is 48.0 Å². The zero-order chi connectivity index (χ0) is 25.4. The van der Waals surface area contributed by atoms with E-state index in [2.05, 4.69) is 25.7 Å². The molecule has 0 saturated heterocycles. The van der Waals surface area contributed by atoms with Gasteiger partial charge in [0, 0.05) is 40.6 Å². The summed E-state index contributed by atoms with van der Waals surface area (Å²) in [5, 5.41) is 8.96. The Morgan fingerprint density at radius 1 is 1.03 bits per heavy atom. The molecule has 3 aromatic heterocycles. The number of halogens is 4. The second kappa shape index (κ2) is 8.73. The van der Waals surface area contributed by atoms with E-state index >= 15 is 0 Å². The average molecular weight is 495 g/mol. The van der Waals surface area contributed by atoms with Gasteiger partial charge in [-0.25, -0.2) is 18.7 Å². The molecule has 0 aliphatic rings. The van der Waals surface area contributed by atoms with E-state index in [0.717, 1.165) is 28.5 Å². The number of aromatic nitrogens is 4. The predicted molar refractivity (Wildman–Crippen MR) is 127 cm³/mol. The third-order valence-corrected chi connectivity index (χ3v) is 5.40. The van der Waals surface area contributed by atoms with Gasteiger partial charge < -0.3 is 21.4 Å². The topological polar surface area (TPSA) is 113 Å². The van der Waals surface area contributed by atoms with Gasteiger partial charge in [-0.1, -0.05) is 12.1 Å². The molecule has 0 bridgehead atoms. The number of hydrogen-bond acceptors (Lipinski definition) is 4. The van der Waals surface area contributed by atoms with Crippen LogP contribution in [0.5, 0.6) is 0 Å². The number of fused-ring (bicyclic) bond motifs is 1. The molecule has 12 heteroatoms. The van der Waals surface area contributed by atoms with E-state index in [1.54, 1.807) is 35.0 Å². The summed E-state index contributed by atoms with van der Waals surface area (Å²) in [5.41, 5.74) is 8.76. The lowest BCUT2D eigenvalue weighted by Crippen LogP contribution is -2.20. The van der Waals surface area contributed by atoms with Crippen molar-refractivity contribution in [3.05, 3.63) is 84.7 Å². The number of benzene rings is 2. The number of nitrogens with two attached hydrogens (primary N) is 1. The first-order valence-electron chi connectivity index (χ1n) is 10.5. The SMILES string of the molecule is Nc1ncnn2cc(-c3ccc[nH]3)c(-c3ccc(NC(=O)Nc4cc(F)cc(C(F)(F)F)c4)cc3)c12. The summed E-state index contributed by atoms with van der Waals surface area (Å²) in [5.74, 6) is -0.835. The van der Waals surface area contributed by atoms with Gasteiger partial charge in [0.2, 0.25) is 0 Å². The summed E-state index contributed by atoms with van der Waals surface area (Å²) in [6, 6.07) is 11.4. The molecular formula is C24H17F4N7O. The number of nitrogens with zero attached hydrogens (tertiary/aromatic N) is 3. The standard InChI is InChI=1S/C24H17F4N7O/c25-15-8-14(24(26,27)28)9-17(10-15)34-23(36)33-16-5-3-13(4-6-16)20-18(19-2-1-7-30-19)11-35-21(20)22(29)31-12-32-35/h1-12,30H,(H2,29,31,32)(H2,33,34,36). The Bertz CT molecular complexity index is 1560. The largest absolute Gasteiger partial charge is 0.416 e. The minimum absolute atomic E-state index is 0.285. The van der Waals surface area contributed by atoms with E-state index in [4.69, 9.17) is 5.73 Å². The molecule has 0 unspecified atom stereocenters. The molecular weight excluding hydrogens is 478 g/mol. The molecule has 36 heavy (non-hydrogen) atoms. The Kier molecular flexibility index (Phi) is 5.55. The van der Waals surface area contributed by atoms with Crippen LogP contribution in [0, 0.1) is 5.82 Å². The molecule has 182 valence electrons. The van der Waals surface area contributed by atoms with Gasteiger partial charge in [-0.15, -0.1) is 0 Å². The van der Waals surface area contributed by atoms with Gasteiger partial charge >= 0.3 is 12.2 Å². The van der Waals surface area contributed by atoms with Crippen molar-refractivity contribution < 1.29 is 22.4 Å². The zero-order valence-corrected chi connectivity index (χ0v) is 18.3. The molecule has 5 rings (SSSR count). The van der Waals surface area contributed by atoms with Crippen LogP contribution in [-0.2, 0) is 6.18 Å². The highest BCUT2D eigenvalue weighted by atomic mass is 19.4. The Morgan fingerprint density at radius 2 is 1.78 bits per heavy atom. The average Bonchev–Trinajstić information content (AvgIpc) is 3.47. The summed E-state index contributed by atoms with van der Waals surface area (Å²) >= 11 is 0. The van der Waals surface area contributed by atoms with Crippen molar-refractivity contribution in [2.45, 2.75) is 6.18 Å². The molecule has 0 aliphatic heterocycles. The lowest BCUT2D eigenvalue weighted by atomic mass is 10.0. The normalized spacial score (nSPS) is 11.6. The number of carbonyl (C=O) groups excluding carboxylic acids is 1. The summed E-state index contributed by atoms with van der Waals surface area (Å²) < 4.78 is 54.0. The highest BCUT2D eigenvalue weighted by Crippen LogP contribution is 2.38. The number of rotatable bonds is 4. The molecule has 2 amide bonds. The smallest absolute Gasteiger partial charge is 0.382 e. The van der Waals surface area contributed by atoms with Gasteiger partial charge in [0.15, 0.2) is 5.82 Å². The fourth-order valence-corrected chi connectivity index (χ4v) is 3.87. The number of urea groups is 1. The van der Waals surface area contributed by atoms with Gasteiger partial charge in [0.1, 0.15) is 17.7 Å². The number of amides is 2. The molecule has 8 nitrogen and oxygen atoms in total. The number of H-pyrrole nitrogens is 1. The number of alkyl halides is 3. The second-order valence-corrected chi connectivity index (χ2v) is 7.82. The number of carbonyl (C=O) groups is 1. The maximum atomic E-state index is 13.6. The molecule has 0 radical (unpaired) electrons. The molecule has 0 aliphatic carbocycles. The van der Waals surface area contributed by atoms with Crippen LogP contribution < -0.4 is 16.4 Å². The predicted octanol–water partition coefficient (Wildman–Crippen LogP) is 5.78. The molecule has 3 heterocycles. The van der Waals surface area contributed by atoms with Crippen molar-refractivity contribution in [2.75, 3.05) is 16.4 Å². The fourth-order valence-electron chi connectivity index (χ4n) is 3.87. The van der Waals surface area contributed by atoms with Gasteiger partial charge in [-0.2, -0.15) is 18.3 Å². The third kappa shape index (κ3) is 4.43. The summed E-state index contributed by atoms with van der Waals surface area (Å²) in [4.78, 5) is 19.6. The van der Waals surface area contributed by atoms with E-state index in [1.165, 1.54) is 6.33 Å². The van der Waals surface area contributed by atoms with E-state index in [0.29, 0.717) is 23.3 Å². The maximum Gasteiger partial charge on any atom is 0.416 e. The number of hydrogen-bond donors (Lipinski definition) is 4. The number of anilines is 3. The molecule has 0 fully saturated rings. The van der Waals surface area contributed by atoms with Crippen LogP contribution in [0.25, 0.3) is 27.9 Å². The summed E-state index contributed by atoms with van der Waals surface area (Å²) in [6.45, 7) is 0. The van der Waals surface area contributed by atoms with E-state index in [9.17, 15) is 22.4 Å². The van der Waals surface area contributed by atoms with Crippen LogP contribution in [-0.4, -0.2) is 25.6 Å². The monoisotopic (exact) mass is 495 g/mol. The molecule has 2 aromatic carbocycles. The lowest BCUT2D eigenvalue weighted by molar-refractivity contribution is -0.137. The van der Waals surface area contributed by atoms with E-state index in [-0.39, 0.29) is 11.5 Å². The van der Waals surface area contributed by atoms with Crippen molar-refractivity contribution >= 4 is 28.7 Å². The quantitative estimate of drug-likeness (QED) is 0.237. The molecule has 0 spiro atoms. The van der Waals surface area contributed by atoms with Crippen LogP contribution in [0.3, 0.4) is 0 Å². The molecule has 5 aromatic rings. The van der Waals surface area contributed by atoms with Crippen molar-refractivity contribution in [2.24, 2.45) is 0 Å². The number of nitrogens with one attached hydrogen (secondary N) is 3. The molecule has 5 N–H and O–H groups in total. The summed E-state index contributed by atoms with van der Waals surface area (Å²) in [7, 11) is 0. The van der Waals surface area contributed by atoms with Crippen molar-refractivity contribution in [1.82, 2.24) is 19.6 Å². The Hall–Kier alpha value is -4.87. The van der Waals surface area contributed by atoms with Crippen LogP contribution in [0.4, 0.5) is 39.5 Å². The molecule has 0 atom stereocenters. The van der Waals surface area contributed by atoms with Gasteiger partial charge in [0.05, 0.1) is 5.56 Å². The van der Waals surface area contributed by atoms with Crippen LogP contribution in [0.2, 0.25) is 0 Å². The van der Waals surface area contributed by atoms with E-state index < -0.39 is 23.6 Å². The summed E-state index contributed by atoms with van der Waals surface area (Å²) in [6.07, 6.45) is 0.217. The minimum Gasteiger partial charge on any atom is -0.382 e. The number of nitrogen functional groups attached to an aromatic ring is 1. The Balaban J connectivity index is 1.41. The first-order chi connectivity index (χ1) is 17.2. The molecule has 0 saturated carbocycles. The van der Waals surface area contributed by atoms with Crippen molar-refractivity contribution in [1.29, 1.82) is 0 Å². The lowest BCUT2D eigenvalue weighted by Gasteiger charge is -2.12. The first kappa shape index (κ1) is 22.9. The van der Waals surface area contributed by atoms with Gasteiger partial charge in [0.25, 0.3) is 0 Å². The fraction of sp³-hybridized carbons (Fsp3) is 0.0417. The van der Waals surface area contributed by atoms with Crippen LogP contribution in [0.15, 0.2) is 73.3 Å². The second-order valence-electron chi connectivity index (χ2n) is 7.82. The minimum atomic E-state index is -4.75. The number of aromatic amines is 1. The Morgan fingerprint density at radius 3 is 2.47 bits per heavy atom. The third-order valence-electron chi connectivity index (χ3n) is 5.40. The highest BCUT2D eigenvalue weighted by Gasteiger charge is 2.31. The maximum absolute atomic E-state index is 13.6. The van der Waals surface area contributed by atoms with Gasteiger partial charge in [-0.3, -0.25) is 0 Å². The van der Waals surface area contributed by atoms with Crippen LogP contribution in [0.1, 0.15) is 5.56 Å². The first-order valence-corrected chi connectivity index (χ1v) is 10.5. The zero-order valence-electron chi connectivity index (χ0n) is 18.3. The van der Waals surface area contributed by atoms with E-state index in [1.807, 2.05) is 18.3 Å². The Labute approximate surface area is 200 Å².